The van der Waals surface area contributed by atoms with Crippen LogP contribution in [0.1, 0.15) is 13.8 Å². The van der Waals surface area contributed by atoms with E-state index in [9.17, 15) is 0 Å². The van der Waals surface area contributed by atoms with Crippen LogP contribution in [0.15, 0.2) is 0 Å². The van der Waals surface area contributed by atoms with E-state index >= 15 is 0 Å². The summed E-state index contributed by atoms with van der Waals surface area (Å²) in [4.78, 5) is 0. The first kappa shape index (κ1) is 15.8. The molecule has 16 heavy (non-hydrogen) atoms. The molecule has 0 heterocycles. The Morgan fingerprint density at radius 1 is 0.812 bits per heavy atom. The maximum Gasteiger partial charge on any atom is 0.0745 e. The molecule has 98 valence electrons. The fraction of sp³-hybridized carbons (Fsp3) is 1.00. The van der Waals surface area contributed by atoms with Crippen molar-refractivity contribution in [2.24, 2.45) is 0 Å². The quantitative estimate of drug-likeness (QED) is 0.499. The number of hydrogen-bond donors (Lipinski definition) is 1. The molecule has 1 unspecified atom stereocenters. The summed E-state index contributed by atoms with van der Waals surface area (Å²) >= 11 is 0. The molecular formula is C11H24O5. The van der Waals surface area contributed by atoms with Crippen LogP contribution in [0.4, 0.5) is 0 Å². The fourth-order valence-corrected chi connectivity index (χ4v) is 0.956. The Bertz CT molecular complexity index is 130. The van der Waals surface area contributed by atoms with Gasteiger partial charge < -0.3 is 24.1 Å². The van der Waals surface area contributed by atoms with Crippen molar-refractivity contribution in [2.75, 3.05) is 52.9 Å². The van der Waals surface area contributed by atoms with E-state index in [4.69, 9.17) is 24.1 Å². The molecule has 0 radical (unpaired) electrons. The average Bonchev–Trinajstić information content (AvgIpc) is 2.25. The van der Waals surface area contributed by atoms with Gasteiger partial charge in [-0.1, -0.05) is 0 Å². The van der Waals surface area contributed by atoms with Crippen molar-refractivity contribution >= 4 is 0 Å². The van der Waals surface area contributed by atoms with Crippen LogP contribution in [0, 0.1) is 0 Å². The van der Waals surface area contributed by atoms with Crippen molar-refractivity contribution in [1.29, 1.82) is 0 Å². The molecular weight excluding hydrogens is 212 g/mol. The van der Waals surface area contributed by atoms with Crippen molar-refractivity contribution in [3.63, 3.8) is 0 Å². The first-order valence-electron chi connectivity index (χ1n) is 5.76. The van der Waals surface area contributed by atoms with Crippen LogP contribution in [0.3, 0.4) is 0 Å². The van der Waals surface area contributed by atoms with Gasteiger partial charge in [-0.15, -0.1) is 0 Å². The molecule has 0 fully saturated rings. The van der Waals surface area contributed by atoms with Gasteiger partial charge in [-0.05, 0) is 13.8 Å². The Hall–Kier alpha value is -0.200. The van der Waals surface area contributed by atoms with E-state index in [1.807, 2.05) is 6.92 Å². The number of aliphatic hydroxyl groups excluding tert-OH is 1. The first-order valence-corrected chi connectivity index (χ1v) is 5.76. The smallest absolute Gasteiger partial charge is 0.0745 e. The predicted octanol–water partition coefficient (Wildman–Crippen LogP) is 0.453. The Morgan fingerprint density at radius 2 is 1.25 bits per heavy atom. The predicted molar refractivity (Wildman–Crippen MR) is 60.6 cm³/mol. The Balaban J connectivity index is 2.88. The van der Waals surface area contributed by atoms with Crippen LogP contribution in [0.5, 0.6) is 0 Å². The van der Waals surface area contributed by atoms with Gasteiger partial charge in [0.2, 0.25) is 0 Å². The van der Waals surface area contributed by atoms with Crippen LogP contribution in [-0.2, 0) is 18.9 Å². The largest absolute Gasteiger partial charge is 0.391 e. The third-order valence-electron chi connectivity index (χ3n) is 1.68. The highest BCUT2D eigenvalue weighted by Gasteiger charge is 1.95. The minimum absolute atomic E-state index is 0.355. The number of hydrogen-bond acceptors (Lipinski definition) is 5. The second kappa shape index (κ2) is 12.9. The van der Waals surface area contributed by atoms with Crippen LogP contribution < -0.4 is 0 Å². The molecule has 0 saturated carbocycles. The van der Waals surface area contributed by atoms with Gasteiger partial charge in [-0.25, -0.2) is 0 Å². The highest BCUT2D eigenvalue weighted by Crippen LogP contribution is 1.84. The van der Waals surface area contributed by atoms with E-state index in [1.165, 1.54) is 0 Å². The molecule has 5 heteroatoms. The highest BCUT2D eigenvalue weighted by atomic mass is 16.6. The molecule has 0 bridgehead atoms. The molecule has 0 spiro atoms. The average molecular weight is 236 g/mol. The van der Waals surface area contributed by atoms with E-state index in [2.05, 4.69) is 0 Å². The van der Waals surface area contributed by atoms with Gasteiger partial charge in [-0.3, -0.25) is 0 Å². The standard InChI is InChI=1S/C11H24O5/c1-3-13-4-5-14-6-7-15-8-9-16-10-11(2)12/h11-12H,3-10H2,1-2H3. The molecule has 0 aromatic rings. The number of ether oxygens (including phenoxy) is 4. The summed E-state index contributed by atoms with van der Waals surface area (Å²) in [6.45, 7) is 8.13. The molecule has 0 aliphatic heterocycles. The minimum Gasteiger partial charge on any atom is -0.391 e. The van der Waals surface area contributed by atoms with Crippen molar-refractivity contribution in [2.45, 2.75) is 20.0 Å². The Morgan fingerprint density at radius 3 is 1.69 bits per heavy atom. The van der Waals surface area contributed by atoms with Gasteiger partial charge in [0.05, 0.1) is 52.4 Å². The molecule has 0 rings (SSSR count). The minimum atomic E-state index is -0.415. The van der Waals surface area contributed by atoms with E-state index < -0.39 is 6.10 Å². The zero-order chi connectivity index (χ0) is 12.1. The molecule has 0 saturated heterocycles. The monoisotopic (exact) mass is 236 g/mol. The van der Waals surface area contributed by atoms with Gasteiger partial charge in [-0.2, -0.15) is 0 Å². The summed E-state index contributed by atoms with van der Waals surface area (Å²) in [5.74, 6) is 0. The molecule has 5 nitrogen and oxygen atoms in total. The summed E-state index contributed by atoms with van der Waals surface area (Å²) in [5, 5.41) is 8.90. The highest BCUT2D eigenvalue weighted by molar-refractivity contribution is 4.41. The maximum atomic E-state index is 8.90. The Labute approximate surface area is 97.6 Å². The summed E-state index contributed by atoms with van der Waals surface area (Å²) in [6.07, 6.45) is -0.415. The molecule has 0 aliphatic carbocycles. The third kappa shape index (κ3) is 13.8. The second-order valence-corrected chi connectivity index (χ2v) is 3.35. The zero-order valence-corrected chi connectivity index (χ0v) is 10.3. The lowest BCUT2D eigenvalue weighted by atomic mass is 10.4. The molecule has 0 aromatic heterocycles. The van der Waals surface area contributed by atoms with E-state index in [0.717, 1.165) is 6.61 Å². The van der Waals surface area contributed by atoms with Gasteiger partial charge in [0.15, 0.2) is 0 Å². The van der Waals surface area contributed by atoms with Gasteiger partial charge in [0.1, 0.15) is 0 Å². The second-order valence-electron chi connectivity index (χ2n) is 3.35. The van der Waals surface area contributed by atoms with Crippen molar-refractivity contribution in [3.05, 3.63) is 0 Å². The maximum absolute atomic E-state index is 8.90. The van der Waals surface area contributed by atoms with Crippen molar-refractivity contribution < 1.29 is 24.1 Å². The Kier molecular flexibility index (Phi) is 12.7. The van der Waals surface area contributed by atoms with Crippen molar-refractivity contribution in [1.82, 2.24) is 0 Å². The van der Waals surface area contributed by atoms with E-state index in [1.54, 1.807) is 6.92 Å². The number of aliphatic hydroxyl groups is 1. The lowest BCUT2D eigenvalue weighted by Crippen LogP contribution is -2.15. The molecule has 1 N–H and O–H groups in total. The lowest BCUT2D eigenvalue weighted by molar-refractivity contribution is -0.0134. The van der Waals surface area contributed by atoms with Crippen LogP contribution in [-0.4, -0.2) is 64.1 Å². The summed E-state index contributed by atoms with van der Waals surface area (Å²) in [5.41, 5.74) is 0. The van der Waals surface area contributed by atoms with Gasteiger partial charge in [0, 0.05) is 6.61 Å². The lowest BCUT2D eigenvalue weighted by Gasteiger charge is -2.07. The topological polar surface area (TPSA) is 57.2 Å². The summed E-state index contributed by atoms with van der Waals surface area (Å²) in [7, 11) is 0. The van der Waals surface area contributed by atoms with Crippen LogP contribution in [0.25, 0.3) is 0 Å². The van der Waals surface area contributed by atoms with Crippen LogP contribution >= 0.6 is 0 Å². The fourth-order valence-electron chi connectivity index (χ4n) is 0.956. The van der Waals surface area contributed by atoms with Gasteiger partial charge >= 0.3 is 0 Å². The zero-order valence-electron chi connectivity index (χ0n) is 10.3. The third-order valence-corrected chi connectivity index (χ3v) is 1.68. The van der Waals surface area contributed by atoms with E-state index in [0.29, 0.717) is 46.2 Å². The molecule has 0 aromatic carbocycles. The first-order chi connectivity index (χ1) is 7.77. The summed E-state index contributed by atoms with van der Waals surface area (Å²) < 4.78 is 20.7. The molecule has 1 atom stereocenters. The molecule has 0 aliphatic rings. The number of rotatable bonds is 12. The normalized spacial score (nSPS) is 12.9. The van der Waals surface area contributed by atoms with E-state index in [-0.39, 0.29) is 0 Å². The SMILES string of the molecule is CCOCCOCCOCCOCC(C)O. The van der Waals surface area contributed by atoms with Crippen LogP contribution in [0.2, 0.25) is 0 Å². The summed E-state index contributed by atoms with van der Waals surface area (Å²) in [6, 6.07) is 0. The van der Waals surface area contributed by atoms with Gasteiger partial charge in [0.25, 0.3) is 0 Å². The molecule has 0 amide bonds. The van der Waals surface area contributed by atoms with Crippen molar-refractivity contribution in [3.8, 4) is 0 Å².